The van der Waals surface area contributed by atoms with E-state index in [0.29, 0.717) is 11.8 Å². The topological polar surface area (TPSA) is 26.3 Å². The summed E-state index contributed by atoms with van der Waals surface area (Å²) in [7, 11) is 1.71. The van der Waals surface area contributed by atoms with Gasteiger partial charge in [0.1, 0.15) is 5.60 Å². The number of carbonyl (C=O) groups excluding carboxylic acids is 1. The molecule has 0 unspecified atom stereocenters. The van der Waals surface area contributed by atoms with Crippen LogP contribution < -0.4 is 0 Å². The highest BCUT2D eigenvalue weighted by Crippen LogP contribution is 2.41. The van der Waals surface area contributed by atoms with Crippen molar-refractivity contribution in [2.24, 2.45) is 5.92 Å². The lowest BCUT2D eigenvalue weighted by molar-refractivity contribution is -0.0264. The van der Waals surface area contributed by atoms with E-state index in [1.54, 1.807) is 7.11 Å². The monoisotopic (exact) mass is 286 g/mol. The molecule has 2 heteroatoms. The van der Waals surface area contributed by atoms with Crippen LogP contribution in [-0.4, -0.2) is 18.5 Å². The Balaban J connectivity index is 1.90. The summed E-state index contributed by atoms with van der Waals surface area (Å²) in [6.07, 6.45) is 7.64. The highest BCUT2D eigenvalue weighted by Gasteiger charge is 2.42. The van der Waals surface area contributed by atoms with Gasteiger partial charge in [0.05, 0.1) is 0 Å². The first-order valence-electron chi connectivity index (χ1n) is 8.35. The van der Waals surface area contributed by atoms with Crippen LogP contribution in [0.15, 0.2) is 24.3 Å². The van der Waals surface area contributed by atoms with Crippen LogP contribution in [0, 0.1) is 5.92 Å². The zero-order valence-electron chi connectivity index (χ0n) is 13.2. The van der Waals surface area contributed by atoms with E-state index >= 15 is 0 Å². The van der Waals surface area contributed by atoms with Crippen LogP contribution in [-0.2, 0) is 4.74 Å². The number of carbonyl (C=O) groups is 1. The summed E-state index contributed by atoms with van der Waals surface area (Å²) in [5.74, 6) is 1.52. The van der Waals surface area contributed by atoms with E-state index in [9.17, 15) is 4.79 Å². The van der Waals surface area contributed by atoms with Crippen molar-refractivity contribution in [2.45, 2.75) is 63.4 Å². The fourth-order valence-corrected chi connectivity index (χ4v) is 3.78. The van der Waals surface area contributed by atoms with Gasteiger partial charge in [-0.2, -0.15) is 0 Å². The molecule has 0 bridgehead atoms. The summed E-state index contributed by atoms with van der Waals surface area (Å²) in [6.45, 7) is 2.27. The zero-order valence-corrected chi connectivity index (χ0v) is 13.2. The Kier molecular flexibility index (Phi) is 4.17. The molecule has 0 spiro atoms. The van der Waals surface area contributed by atoms with Crippen LogP contribution in [0.5, 0.6) is 0 Å². The van der Waals surface area contributed by atoms with E-state index in [-0.39, 0.29) is 5.78 Å². The predicted molar refractivity (Wildman–Crippen MR) is 84.7 cm³/mol. The van der Waals surface area contributed by atoms with Gasteiger partial charge in [0, 0.05) is 12.7 Å². The normalized spacial score (nSPS) is 29.9. The first-order valence-corrected chi connectivity index (χ1v) is 8.35. The summed E-state index contributed by atoms with van der Waals surface area (Å²) in [5.41, 5.74) is 1.59. The highest BCUT2D eigenvalue weighted by atomic mass is 16.5. The van der Waals surface area contributed by atoms with E-state index in [2.05, 4.69) is 19.1 Å². The maximum absolute atomic E-state index is 13.2. The van der Waals surface area contributed by atoms with Crippen molar-refractivity contribution in [1.29, 1.82) is 0 Å². The maximum Gasteiger partial charge on any atom is 0.194 e. The molecule has 0 aromatic heterocycles. The lowest BCUT2D eigenvalue weighted by atomic mass is 9.72. The van der Waals surface area contributed by atoms with Gasteiger partial charge >= 0.3 is 0 Å². The molecule has 2 nitrogen and oxygen atoms in total. The Labute approximate surface area is 127 Å². The van der Waals surface area contributed by atoms with Gasteiger partial charge in [0.15, 0.2) is 5.78 Å². The molecular formula is C19H26O2. The Morgan fingerprint density at radius 1 is 1.14 bits per heavy atom. The largest absolute Gasteiger partial charge is 0.370 e. The third-order valence-corrected chi connectivity index (χ3v) is 5.64. The molecule has 0 atom stereocenters. The first kappa shape index (κ1) is 14.8. The van der Waals surface area contributed by atoms with Gasteiger partial charge in [-0.1, -0.05) is 37.6 Å². The minimum Gasteiger partial charge on any atom is -0.370 e. The third kappa shape index (κ3) is 2.66. The van der Waals surface area contributed by atoms with E-state index in [1.165, 1.54) is 24.8 Å². The standard InChI is InChI=1S/C19H26O2/c1-14-10-12-19(21-2,13-11-14)18(20)17-9-4-3-8-16(17)15-6-5-7-15/h3-4,8-9,14-15H,5-7,10-13H2,1-2H3. The molecule has 0 radical (unpaired) electrons. The number of hydrogen-bond acceptors (Lipinski definition) is 2. The second kappa shape index (κ2) is 5.92. The SMILES string of the molecule is COC1(C(=O)c2ccccc2C2CCC2)CCC(C)CC1. The quantitative estimate of drug-likeness (QED) is 0.748. The lowest BCUT2D eigenvalue weighted by Gasteiger charge is -2.38. The van der Waals surface area contributed by atoms with Crippen molar-refractivity contribution in [3.05, 3.63) is 35.4 Å². The van der Waals surface area contributed by atoms with E-state index < -0.39 is 5.60 Å². The van der Waals surface area contributed by atoms with Crippen LogP contribution in [0.25, 0.3) is 0 Å². The van der Waals surface area contributed by atoms with Gasteiger partial charge < -0.3 is 4.74 Å². The van der Waals surface area contributed by atoms with Crippen LogP contribution in [0.1, 0.15) is 73.7 Å². The van der Waals surface area contributed by atoms with Gasteiger partial charge in [-0.15, -0.1) is 0 Å². The Hall–Kier alpha value is -1.15. The maximum atomic E-state index is 13.2. The van der Waals surface area contributed by atoms with Gasteiger partial charge in [0.25, 0.3) is 0 Å². The Morgan fingerprint density at radius 2 is 1.81 bits per heavy atom. The Bertz CT molecular complexity index is 508. The minimum atomic E-state index is -0.577. The van der Waals surface area contributed by atoms with E-state index in [4.69, 9.17) is 4.74 Å². The minimum absolute atomic E-state index is 0.222. The number of methoxy groups -OCH3 is 1. The summed E-state index contributed by atoms with van der Waals surface area (Å²) in [6, 6.07) is 8.21. The smallest absolute Gasteiger partial charge is 0.194 e. The molecule has 1 aromatic carbocycles. The molecular weight excluding hydrogens is 260 g/mol. The molecule has 2 fully saturated rings. The van der Waals surface area contributed by atoms with Gasteiger partial charge in [-0.25, -0.2) is 0 Å². The molecule has 21 heavy (non-hydrogen) atoms. The molecule has 1 aromatic rings. The second-order valence-corrected chi connectivity index (χ2v) is 6.93. The number of rotatable bonds is 4. The molecule has 0 heterocycles. The van der Waals surface area contributed by atoms with Gasteiger partial charge in [-0.05, 0) is 55.9 Å². The van der Waals surface area contributed by atoms with Crippen LogP contribution in [0.3, 0.4) is 0 Å². The van der Waals surface area contributed by atoms with Crippen molar-refractivity contribution >= 4 is 5.78 Å². The van der Waals surface area contributed by atoms with Crippen molar-refractivity contribution in [3.8, 4) is 0 Å². The van der Waals surface area contributed by atoms with Crippen molar-refractivity contribution < 1.29 is 9.53 Å². The number of Topliss-reactive ketones (excluding diaryl/α,β-unsaturated/α-hetero) is 1. The molecule has 0 N–H and O–H groups in total. The van der Waals surface area contributed by atoms with Gasteiger partial charge in [0.2, 0.25) is 0 Å². The lowest BCUT2D eigenvalue weighted by Crippen LogP contribution is -2.44. The summed E-state index contributed by atoms with van der Waals surface area (Å²) in [4.78, 5) is 13.2. The van der Waals surface area contributed by atoms with Crippen molar-refractivity contribution in [2.75, 3.05) is 7.11 Å². The number of benzene rings is 1. The van der Waals surface area contributed by atoms with Crippen molar-refractivity contribution in [3.63, 3.8) is 0 Å². The molecule has 3 rings (SSSR count). The van der Waals surface area contributed by atoms with Crippen LogP contribution >= 0.6 is 0 Å². The average molecular weight is 286 g/mol. The molecule has 2 saturated carbocycles. The Morgan fingerprint density at radius 3 is 2.38 bits per heavy atom. The second-order valence-electron chi connectivity index (χ2n) is 6.93. The van der Waals surface area contributed by atoms with Crippen LogP contribution in [0.2, 0.25) is 0 Å². The summed E-state index contributed by atoms with van der Waals surface area (Å²) >= 11 is 0. The van der Waals surface area contributed by atoms with Crippen molar-refractivity contribution in [1.82, 2.24) is 0 Å². The molecule has 0 saturated heterocycles. The number of hydrogen-bond donors (Lipinski definition) is 0. The molecule has 114 valence electrons. The van der Waals surface area contributed by atoms with Gasteiger partial charge in [-0.3, -0.25) is 4.79 Å². The third-order valence-electron chi connectivity index (χ3n) is 5.64. The highest BCUT2D eigenvalue weighted by molar-refractivity contribution is 6.04. The average Bonchev–Trinajstić information content (AvgIpc) is 2.47. The first-order chi connectivity index (χ1) is 10.2. The molecule has 0 amide bonds. The molecule has 2 aliphatic carbocycles. The fraction of sp³-hybridized carbons (Fsp3) is 0.632. The zero-order chi connectivity index (χ0) is 14.9. The predicted octanol–water partition coefficient (Wildman–Crippen LogP) is 4.73. The van der Waals surface area contributed by atoms with E-state index in [1.807, 2.05) is 12.1 Å². The fourth-order valence-electron chi connectivity index (χ4n) is 3.78. The number of ether oxygens (including phenoxy) is 1. The summed E-state index contributed by atoms with van der Waals surface area (Å²) in [5, 5.41) is 0. The molecule has 0 aliphatic heterocycles. The number of ketones is 1. The molecule has 2 aliphatic rings. The summed E-state index contributed by atoms with van der Waals surface area (Å²) < 4.78 is 5.78. The van der Waals surface area contributed by atoms with E-state index in [0.717, 1.165) is 31.2 Å². The van der Waals surface area contributed by atoms with Crippen LogP contribution in [0.4, 0.5) is 0 Å².